The van der Waals surface area contributed by atoms with Crippen LogP contribution in [0, 0.1) is 0 Å². The van der Waals surface area contributed by atoms with Gasteiger partial charge in [0.05, 0.1) is 21.5 Å². The van der Waals surface area contributed by atoms with Crippen molar-refractivity contribution in [2.45, 2.75) is 37.8 Å². The van der Waals surface area contributed by atoms with Crippen molar-refractivity contribution < 1.29 is 23.1 Å². The van der Waals surface area contributed by atoms with Gasteiger partial charge in [-0.3, -0.25) is 0 Å². The van der Waals surface area contributed by atoms with Gasteiger partial charge in [0.25, 0.3) is 0 Å². The van der Waals surface area contributed by atoms with Crippen molar-refractivity contribution in [3.63, 3.8) is 0 Å². The highest BCUT2D eigenvalue weighted by Crippen LogP contribution is 2.22. The second-order valence-electron chi connectivity index (χ2n) is 6.35. The molecule has 9 heteroatoms. The van der Waals surface area contributed by atoms with E-state index in [9.17, 15) is 18.3 Å². The first kappa shape index (κ1) is 19.8. The van der Waals surface area contributed by atoms with Crippen LogP contribution >= 0.6 is 0 Å². The summed E-state index contributed by atoms with van der Waals surface area (Å²) in [5, 5.41) is 14.5. The molecule has 0 unspecified atom stereocenters. The Hall–Kier alpha value is -2.91. The fraction of sp³-hybridized carbons (Fsp3) is 0.263. The topological polar surface area (TPSA) is 125 Å². The summed E-state index contributed by atoms with van der Waals surface area (Å²) in [5.41, 5.74) is 1.53. The molecule has 148 valence electrons. The van der Waals surface area contributed by atoms with Gasteiger partial charge in [0, 0.05) is 6.54 Å². The highest BCUT2D eigenvalue weighted by Gasteiger charge is 2.16. The minimum Gasteiger partial charge on any atom is -0.508 e. The number of hydrogen-bond donors (Lipinski definition) is 2. The Labute approximate surface area is 162 Å². The largest absolute Gasteiger partial charge is 0.508 e. The number of ether oxygens (including phenoxy) is 1. The number of rotatable bonds is 7. The number of phenolic OH excluding ortho intramolecular Hbond substituents is 1. The van der Waals surface area contributed by atoms with E-state index in [0.717, 1.165) is 18.4 Å². The van der Waals surface area contributed by atoms with Gasteiger partial charge < -0.3 is 14.4 Å². The molecule has 1 aromatic heterocycles. The molecule has 8 nitrogen and oxygen atoms in total. The summed E-state index contributed by atoms with van der Waals surface area (Å²) in [7, 11) is -3.84. The Kier molecular flexibility index (Phi) is 5.66. The summed E-state index contributed by atoms with van der Waals surface area (Å²) < 4.78 is 30.5. The number of nitrogens with two attached hydrogens (primary N) is 1. The Morgan fingerprint density at radius 1 is 1.21 bits per heavy atom. The summed E-state index contributed by atoms with van der Waals surface area (Å²) in [4.78, 5) is 16.6. The van der Waals surface area contributed by atoms with Crippen LogP contribution in [0.15, 0.2) is 47.4 Å². The number of nitrogens with zero attached hydrogens (tertiary/aromatic N) is 2. The smallest absolute Gasteiger partial charge is 0.338 e. The van der Waals surface area contributed by atoms with Crippen LogP contribution in [0.2, 0.25) is 0 Å². The molecule has 0 fully saturated rings. The predicted octanol–water partition coefficient (Wildman–Crippen LogP) is 2.55. The molecule has 2 aromatic carbocycles. The molecular weight excluding hydrogens is 382 g/mol. The minimum absolute atomic E-state index is 0.0206. The molecule has 0 amide bonds. The van der Waals surface area contributed by atoms with Crippen LogP contribution in [-0.4, -0.2) is 29.0 Å². The van der Waals surface area contributed by atoms with E-state index in [-0.39, 0.29) is 17.3 Å². The van der Waals surface area contributed by atoms with Crippen molar-refractivity contribution >= 4 is 27.0 Å². The van der Waals surface area contributed by atoms with Crippen molar-refractivity contribution in [3.8, 4) is 5.75 Å². The lowest BCUT2D eigenvalue weighted by atomic mass is 10.2. The molecule has 0 aliphatic carbocycles. The molecule has 3 aromatic rings. The third-order valence-electron chi connectivity index (χ3n) is 4.30. The van der Waals surface area contributed by atoms with E-state index in [2.05, 4.69) is 11.9 Å². The van der Waals surface area contributed by atoms with Crippen LogP contribution in [-0.2, 0) is 27.9 Å². The molecular formula is C19H21N3O5S. The van der Waals surface area contributed by atoms with Crippen molar-refractivity contribution in [2.75, 3.05) is 0 Å². The number of imidazole rings is 1. The number of hydrogen-bond acceptors (Lipinski definition) is 6. The number of carbonyl (C=O) groups is 1. The summed E-state index contributed by atoms with van der Waals surface area (Å²) in [6.45, 7) is 2.65. The average Bonchev–Trinajstić information content (AvgIpc) is 3.01. The van der Waals surface area contributed by atoms with Crippen LogP contribution in [0.25, 0.3) is 11.0 Å². The third-order valence-corrected chi connectivity index (χ3v) is 5.21. The van der Waals surface area contributed by atoms with E-state index in [4.69, 9.17) is 9.88 Å². The zero-order chi connectivity index (χ0) is 20.3. The Morgan fingerprint density at radius 3 is 2.57 bits per heavy atom. The first-order valence-corrected chi connectivity index (χ1v) is 10.3. The van der Waals surface area contributed by atoms with Crippen LogP contribution < -0.4 is 5.14 Å². The van der Waals surface area contributed by atoms with Gasteiger partial charge in [0.2, 0.25) is 10.0 Å². The number of unbranched alkanes of at least 4 members (excludes halogenated alkanes) is 1. The minimum atomic E-state index is -3.84. The number of carbonyl (C=O) groups excluding carboxylic acids is 1. The number of aryl methyl sites for hydroxylation is 1. The predicted molar refractivity (Wildman–Crippen MR) is 103 cm³/mol. The van der Waals surface area contributed by atoms with Gasteiger partial charge in [-0.15, -0.1) is 0 Å². The van der Waals surface area contributed by atoms with Crippen molar-refractivity contribution in [1.82, 2.24) is 9.55 Å². The van der Waals surface area contributed by atoms with Gasteiger partial charge in [0.15, 0.2) is 0 Å². The van der Waals surface area contributed by atoms with Gasteiger partial charge in [-0.1, -0.05) is 13.3 Å². The Morgan fingerprint density at radius 2 is 1.93 bits per heavy atom. The van der Waals surface area contributed by atoms with E-state index in [0.29, 0.717) is 23.4 Å². The lowest BCUT2D eigenvalue weighted by molar-refractivity contribution is 0.0458. The van der Waals surface area contributed by atoms with Crippen molar-refractivity contribution in [3.05, 3.63) is 53.9 Å². The fourth-order valence-electron chi connectivity index (χ4n) is 2.82. The van der Waals surface area contributed by atoms with Gasteiger partial charge in [-0.2, -0.15) is 0 Å². The number of sulfonamides is 1. The van der Waals surface area contributed by atoms with Gasteiger partial charge in [0.1, 0.15) is 18.2 Å². The number of aromatic nitrogens is 2. The van der Waals surface area contributed by atoms with Crippen LogP contribution in [0.5, 0.6) is 5.75 Å². The molecule has 0 spiro atoms. The van der Waals surface area contributed by atoms with E-state index < -0.39 is 16.0 Å². The highest BCUT2D eigenvalue weighted by molar-refractivity contribution is 7.89. The maximum absolute atomic E-state index is 12.2. The van der Waals surface area contributed by atoms with Crippen LogP contribution in [0.4, 0.5) is 0 Å². The monoisotopic (exact) mass is 403 g/mol. The first-order valence-electron chi connectivity index (χ1n) is 8.77. The van der Waals surface area contributed by atoms with Crippen molar-refractivity contribution in [1.29, 1.82) is 0 Å². The molecule has 3 N–H and O–H groups in total. The second-order valence-corrected chi connectivity index (χ2v) is 7.91. The lowest BCUT2D eigenvalue weighted by Gasteiger charge is -2.09. The van der Waals surface area contributed by atoms with Gasteiger partial charge >= 0.3 is 5.97 Å². The SMILES string of the molecule is CCCCn1c(COC(=O)c2ccc(O)cc2)nc2cc(S(N)(=O)=O)ccc21. The third kappa shape index (κ3) is 4.32. The number of esters is 1. The normalized spacial score (nSPS) is 11.6. The number of fused-ring (bicyclic) bond motifs is 1. The molecule has 3 rings (SSSR count). The lowest BCUT2D eigenvalue weighted by Crippen LogP contribution is -2.12. The van der Waals surface area contributed by atoms with E-state index in [1.54, 1.807) is 6.07 Å². The molecule has 0 atom stereocenters. The number of aromatic hydroxyl groups is 1. The number of primary sulfonamides is 1. The van der Waals surface area contributed by atoms with E-state index in [1.165, 1.54) is 36.4 Å². The first-order chi connectivity index (χ1) is 13.3. The quantitative estimate of drug-likeness (QED) is 0.584. The van der Waals surface area contributed by atoms with E-state index >= 15 is 0 Å². The fourth-order valence-corrected chi connectivity index (χ4v) is 3.36. The molecule has 0 saturated heterocycles. The highest BCUT2D eigenvalue weighted by atomic mass is 32.2. The molecule has 0 aliphatic heterocycles. The van der Waals surface area contributed by atoms with Gasteiger partial charge in [-0.25, -0.2) is 23.3 Å². The molecule has 0 aliphatic rings. The summed E-state index contributed by atoms with van der Waals surface area (Å²) in [6, 6.07) is 10.3. The molecule has 28 heavy (non-hydrogen) atoms. The van der Waals surface area contributed by atoms with Crippen molar-refractivity contribution in [2.24, 2.45) is 5.14 Å². The molecule has 0 bridgehead atoms. The maximum Gasteiger partial charge on any atom is 0.338 e. The Bertz CT molecular complexity index is 1100. The number of phenols is 1. The number of benzene rings is 2. The Balaban J connectivity index is 1.89. The summed E-state index contributed by atoms with van der Waals surface area (Å²) in [5.74, 6) is 0.0324. The van der Waals surface area contributed by atoms with Crippen LogP contribution in [0.1, 0.15) is 35.9 Å². The zero-order valence-electron chi connectivity index (χ0n) is 15.3. The zero-order valence-corrected chi connectivity index (χ0v) is 16.1. The van der Waals surface area contributed by atoms with E-state index in [1.807, 2.05) is 4.57 Å². The maximum atomic E-state index is 12.2. The molecule has 0 saturated carbocycles. The standard InChI is InChI=1S/C19H21N3O5S/c1-2-3-10-22-17-9-8-15(28(20,25)26)11-16(17)21-18(22)12-27-19(24)13-4-6-14(23)7-5-13/h4-9,11,23H,2-3,10,12H2,1H3,(H2,20,25,26). The molecule has 0 radical (unpaired) electrons. The summed E-state index contributed by atoms with van der Waals surface area (Å²) in [6.07, 6.45) is 1.85. The summed E-state index contributed by atoms with van der Waals surface area (Å²) >= 11 is 0. The average molecular weight is 403 g/mol. The second kappa shape index (κ2) is 7.99. The van der Waals surface area contributed by atoms with Crippen LogP contribution in [0.3, 0.4) is 0 Å². The van der Waals surface area contributed by atoms with Gasteiger partial charge in [-0.05, 0) is 48.9 Å². The molecule has 1 heterocycles.